The van der Waals surface area contributed by atoms with E-state index in [1.165, 1.54) is 0 Å². The van der Waals surface area contributed by atoms with Crippen molar-refractivity contribution in [2.75, 3.05) is 12.8 Å². The van der Waals surface area contributed by atoms with Gasteiger partial charge in [0.2, 0.25) is 0 Å². The third-order valence-corrected chi connectivity index (χ3v) is 2.02. The lowest BCUT2D eigenvalue weighted by atomic mass is 10.0. The summed E-state index contributed by atoms with van der Waals surface area (Å²) in [5.74, 6) is 0.562. The number of nitrogens with two attached hydrogens (primary N) is 1. The number of hydrogen-bond acceptors (Lipinski definition) is 5. The van der Waals surface area contributed by atoms with Crippen molar-refractivity contribution in [2.24, 2.45) is 0 Å². The van der Waals surface area contributed by atoms with Crippen molar-refractivity contribution in [1.29, 1.82) is 0 Å². The van der Waals surface area contributed by atoms with E-state index in [2.05, 4.69) is 10.1 Å². The Balaban J connectivity index is 2.94. The third kappa shape index (κ3) is 1.40. The van der Waals surface area contributed by atoms with Gasteiger partial charge in [0.05, 0.1) is 0 Å². The van der Waals surface area contributed by atoms with E-state index in [-0.39, 0.29) is 5.95 Å². The van der Waals surface area contributed by atoms with E-state index in [1.54, 1.807) is 7.11 Å². The maximum atomic E-state index is 5.31. The molecule has 0 spiro atoms. The van der Waals surface area contributed by atoms with Gasteiger partial charge >= 0.3 is 0 Å². The summed E-state index contributed by atoms with van der Waals surface area (Å²) in [6, 6.07) is 0. The molecule has 5 heteroatoms. The first-order valence-corrected chi connectivity index (χ1v) is 3.77. The van der Waals surface area contributed by atoms with Gasteiger partial charge in [-0.05, 0) is 18.5 Å². The van der Waals surface area contributed by atoms with E-state index < -0.39 is 5.60 Å². The summed E-state index contributed by atoms with van der Waals surface area (Å²) in [5, 5.41) is 3.49. The molecule has 0 bridgehead atoms. The van der Waals surface area contributed by atoms with Gasteiger partial charge in [-0.15, -0.1) is 0 Å². The number of methoxy groups -OCH3 is 1. The first-order valence-electron chi connectivity index (χ1n) is 3.77. The lowest BCUT2D eigenvalue weighted by Crippen LogP contribution is -2.23. The van der Waals surface area contributed by atoms with Crippen molar-refractivity contribution < 1.29 is 9.26 Å². The standard InChI is InChI=1S/C7H13N3O2/c1-4-7(2,11-3)5-9-6(8)10-12-5/h4H2,1-3H3,(H2,8,10). The minimum Gasteiger partial charge on any atom is -0.369 e. The molecule has 0 saturated carbocycles. The van der Waals surface area contributed by atoms with Gasteiger partial charge in [0.1, 0.15) is 5.60 Å². The van der Waals surface area contributed by atoms with Crippen LogP contribution in [0.15, 0.2) is 4.52 Å². The molecule has 0 aliphatic carbocycles. The highest BCUT2D eigenvalue weighted by Gasteiger charge is 2.30. The van der Waals surface area contributed by atoms with Crippen molar-refractivity contribution in [2.45, 2.75) is 25.9 Å². The summed E-state index contributed by atoms with van der Waals surface area (Å²) >= 11 is 0. The van der Waals surface area contributed by atoms with E-state index in [0.717, 1.165) is 6.42 Å². The minimum atomic E-state index is -0.523. The summed E-state index contributed by atoms with van der Waals surface area (Å²) in [4.78, 5) is 3.90. The SMILES string of the molecule is CCC(C)(OC)c1nc(N)no1. The molecule has 1 unspecified atom stereocenters. The molecule has 2 N–H and O–H groups in total. The van der Waals surface area contributed by atoms with Crippen LogP contribution < -0.4 is 5.73 Å². The van der Waals surface area contributed by atoms with Crippen molar-refractivity contribution in [3.8, 4) is 0 Å². The molecule has 0 fully saturated rings. The number of ether oxygens (including phenoxy) is 1. The Morgan fingerprint density at radius 2 is 2.33 bits per heavy atom. The first kappa shape index (κ1) is 8.99. The second-order valence-electron chi connectivity index (χ2n) is 2.75. The van der Waals surface area contributed by atoms with Crippen LogP contribution in [-0.2, 0) is 10.3 Å². The molecule has 0 aliphatic heterocycles. The van der Waals surface area contributed by atoms with Gasteiger partial charge in [0.25, 0.3) is 11.8 Å². The minimum absolute atomic E-state index is 0.140. The molecular weight excluding hydrogens is 158 g/mol. The summed E-state index contributed by atoms with van der Waals surface area (Å²) < 4.78 is 10.1. The number of rotatable bonds is 3. The average molecular weight is 171 g/mol. The highest BCUT2D eigenvalue weighted by molar-refractivity contribution is 5.13. The highest BCUT2D eigenvalue weighted by atomic mass is 16.5. The van der Waals surface area contributed by atoms with Crippen molar-refractivity contribution in [3.63, 3.8) is 0 Å². The molecule has 68 valence electrons. The van der Waals surface area contributed by atoms with Gasteiger partial charge < -0.3 is 15.0 Å². The van der Waals surface area contributed by atoms with E-state index in [4.69, 9.17) is 15.0 Å². The monoisotopic (exact) mass is 171 g/mol. The van der Waals surface area contributed by atoms with Gasteiger partial charge in [-0.3, -0.25) is 0 Å². The Morgan fingerprint density at radius 3 is 2.67 bits per heavy atom. The molecular formula is C7H13N3O2. The van der Waals surface area contributed by atoms with Crippen LogP contribution in [0.1, 0.15) is 26.2 Å². The number of nitrogen functional groups attached to an aromatic ring is 1. The summed E-state index contributed by atoms with van der Waals surface area (Å²) in [6.45, 7) is 3.85. The topological polar surface area (TPSA) is 74.2 Å². The highest BCUT2D eigenvalue weighted by Crippen LogP contribution is 2.26. The van der Waals surface area contributed by atoms with Gasteiger partial charge in [0.15, 0.2) is 0 Å². The Labute approximate surface area is 70.9 Å². The van der Waals surface area contributed by atoms with Crippen LogP contribution in [0.4, 0.5) is 5.95 Å². The van der Waals surface area contributed by atoms with Gasteiger partial charge in [-0.2, -0.15) is 4.98 Å². The molecule has 5 nitrogen and oxygen atoms in total. The predicted octanol–water partition coefficient (Wildman–Crippen LogP) is 0.923. The fourth-order valence-corrected chi connectivity index (χ4v) is 0.833. The second kappa shape index (κ2) is 3.10. The van der Waals surface area contributed by atoms with Crippen molar-refractivity contribution >= 4 is 5.95 Å². The quantitative estimate of drug-likeness (QED) is 0.732. The van der Waals surface area contributed by atoms with E-state index in [1.807, 2.05) is 13.8 Å². The Hall–Kier alpha value is -1.10. The fourth-order valence-electron chi connectivity index (χ4n) is 0.833. The number of hydrogen-bond donors (Lipinski definition) is 1. The zero-order chi connectivity index (χ0) is 9.19. The molecule has 0 amide bonds. The maximum absolute atomic E-state index is 5.31. The van der Waals surface area contributed by atoms with E-state index in [0.29, 0.717) is 5.89 Å². The normalized spacial score (nSPS) is 15.9. The third-order valence-electron chi connectivity index (χ3n) is 2.02. The summed E-state index contributed by atoms with van der Waals surface area (Å²) in [6.07, 6.45) is 0.755. The largest absolute Gasteiger partial charge is 0.369 e. The maximum Gasteiger partial charge on any atom is 0.260 e. The molecule has 1 heterocycles. The molecule has 1 aromatic rings. The Bertz CT molecular complexity index is 255. The van der Waals surface area contributed by atoms with Crippen LogP contribution >= 0.6 is 0 Å². The summed E-state index contributed by atoms with van der Waals surface area (Å²) in [5.41, 5.74) is 4.79. The molecule has 0 radical (unpaired) electrons. The van der Waals surface area contributed by atoms with Crippen LogP contribution in [-0.4, -0.2) is 17.3 Å². The van der Waals surface area contributed by atoms with Crippen LogP contribution in [0, 0.1) is 0 Å². The Morgan fingerprint density at radius 1 is 1.67 bits per heavy atom. The van der Waals surface area contributed by atoms with E-state index >= 15 is 0 Å². The summed E-state index contributed by atoms with van der Waals surface area (Å²) in [7, 11) is 1.60. The smallest absolute Gasteiger partial charge is 0.260 e. The van der Waals surface area contributed by atoms with Crippen LogP contribution in [0.2, 0.25) is 0 Å². The van der Waals surface area contributed by atoms with Gasteiger partial charge in [0, 0.05) is 7.11 Å². The molecule has 12 heavy (non-hydrogen) atoms. The molecule has 0 saturated heterocycles. The first-order chi connectivity index (χ1) is 5.62. The van der Waals surface area contributed by atoms with Crippen LogP contribution in [0.25, 0.3) is 0 Å². The average Bonchev–Trinajstić information content (AvgIpc) is 2.51. The second-order valence-corrected chi connectivity index (χ2v) is 2.75. The van der Waals surface area contributed by atoms with Crippen molar-refractivity contribution in [1.82, 2.24) is 10.1 Å². The van der Waals surface area contributed by atoms with E-state index in [9.17, 15) is 0 Å². The fraction of sp³-hybridized carbons (Fsp3) is 0.714. The molecule has 0 aromatic carbocycles. The molecule has 1 aromatic heterocycles. The lowest BCUT2D eigenvalue weighted by molar-refractivity contribution is -0.0272. The number of nitrogens with zero attached hydrogens (tertiary/aromatic N) is 2. The van der Waals surface area contributed by atoms with Crippen LogP contribution in [0.5, 0.6) is 0 Å². The zero-order valence-electron chi connectivity index (χ0n) is 7.50. The van der Waals surface area contributed by atoms with Crippen molar-refractivity contribution in [3.05, 3.63) is 5.89 Å². The van der Waals surface area contributed by atoms with Crippen LogP contribution in [0.3, 0.4) is 0 Å². The molecule has 0 aliphatic rings. The van der Waals surface area contributed by atoms with Gasteiger partial charge in [-0.1, -0.05) is 6.92 Å². The Kier molecular flexibility index (Phi) is 2.32. The van der Waals surface area contributed by atoms with Gasteiger partial charge in [-0.25, -0.2) is 0 Å². The zero-order valence-corrected chi connectivity index (χ0v) is 7.50. The predicted molar refractivity (Wildman–Crippen MR) is 43.4 cm³/mol. The molecule has 1 rings (SSSR count). The molecule has 1 atom stereocenters. The number of anilines is 1. The lowest BCUT2D eigenvalue weighted by Gasteiger charge is -2.21. The number of aromatic nitrogens is 2.